The average Bonchev–Trinajstić information content (AvgIpc) is 2.61. The van der Waals surface area contributed by atoms with Gasteiger partial charge in [0.1, 0.15) is 11.5 Å². The van der Waals surface area contributed by atoms with Crippen LogP contribution in [0.3, 0.4) is 0 Å². The van der Waals surface area contributed by atoms with E-state index in [9.17, 15) is 5.11 Å². The van der Waals surface area contributed by atoms with Crippen molar-refractivity contribution in [3.05, 3.63) is 72.8 Å². The van der Waals surface area contributed by atoms with Gasteiger partial charge in [-0.25, -0.2) is 0 Å². The van der Waals surface area contributed by atoms with Crippen LogP contribution in [0, 0.1) is 0 Å². The van der Waals surface area contributed by atoms with Crippen LogP contribution in [0.4, 0.5) is 0 Å². The lowest BCUT2D eigenvalue weighted by Crippen LogP contribution is -1.94. The number of ether oxygens (including phenoxy) is 1. The molecule has 4 aromatic carbocycles. The van der Waals surface area contributed by atoms with Gasteiger partial charge in [0, 0.05) is 10.8 Å². The molecular formula is C22H18O2. The van der Waals surface area contributed by atoms with E-state index in [1.165, 1.54) is 0 Å². The van der Waals surface area contributed by atoms with Crippen molar-refractivity contribution in [2.75, 3.05) is 6.61 Å². The van der Waals surface area contributed by atoms with Gasteiger partial charge >= 0.3 is 0 Å². The van der Waals surface area contributed by atoms with Crippen LogP contribution in [-0.2, 0) is 0 Å². The zero-order valence-electron chi connectivity index (χ0n) is 13.5. The third-order valence-corrected chi connectivity index (χ3v) is 4.34. The van der Waals surface area contributed by atoms with Gasteiger partial charge in [0.05, 0.1) is 6.61 Å². The molecule has 24 heavy (non-hydrogen) atoms. The lowest BCUT2D eigenvalue weighted by Gasteiger charge is -2.14. The highest BCUT2D eigenvalue weighted by Crippen LogP contribution is 2.40. The van der Waals surface area contributed by atoms with Crippen LogP contribution in [0.2, 0.25) is 0 Å². The highest BCUT2D eigenvalue weighted by atomic mass is 16.5. The van der Waals surface area contributed by atoms with Crippen molar-refractivity contribution in [1.82, 2.24) is 0 Å². The van der Waals surface area contributed by atoms with Crippen molar-refractivity contribution in [3.8, 4) is 22.6 Å². The van der Waals surface area contributed by atoms with Crippen molar-refractivity contribution >= 4 is 21.5 Å². The van der Waals surface area contributed by atoms with Gasteiger partial charge in [-0.3, -0.25) is 0 Å². The minimum Gasteiger partial charge on any atom is -0.507 e. The Balaban J connectivity index is 2.12. The Morgan fingerprint density at radius 1 is 0.708 bits per heavy atom. The lowest BCUT2D eigenvalue weighted by molar-refractivity contribution is 0.344. The highest BCUT2D eigenvalue weighted by Gasteiger charge is 2.13. The van der Waals surface area contributed by atoms with Gasteiger partial charge in [-0.15, -0.1) is 0 Å². The lowest BCUT2D eigenvalue weighted by atomic mass is 9.93. The summed E-state index contributed by atoms with van der Waals surface area (Å²) in [6.07, 6.45) is 0. The Morgan fingerprint density at radius 3 is 1.92 bits per heavy atom. The molecule has 0 aliphatic heterocycles. The molecule has 0 bridgehead atoms. The summed E-state index contributed by atoms with van der Waals surface area (Å²) in [7, 11) is 0. The summed E-state index contributed by atoms with van der Waals surface area (Å²) in [5, 5.41) is 14.5. The van der Waals surface area contributed by atoms with Gasteiger partial charge in [-0.2, -0.15) is 0 Å². The Bertz CT molecular complexity index is 1020. The summed E-state index contributed by atoms with van der Waals surface area (Å²) >= 11 is 0. The van der Waals surface area contributed by atoms with Gasteiger partial charge in [-0.05, 0) is 41.0 Å². The van der Waals surface area contributed by atoms with Crippen LogP contribution in [0.1, 0.15) is 6.92 Å². The maximum atomic E-state index is 10.4. The molecule has 2 heteroatoms. The standard InChI is InChI=1S/C22H18O2/c1-2-24-20-14-6-10-16-8-4-12-18(22(16)20)17-11-3-7-15-9-5-13-19(23)21(15)17/h3-14,23H,2H2,1H3. The van der Waals surface area contributed by atoms with Crippen LogP contribution in [-0.4, -0.2) is 11.7 Å². The van der Waals surface area contributed by atoms with Gasteiger partial charge in [-0.1, -0.05) is 60.7 Å². The molecule has 4 rings (SSSR count). The fourth-order valence-electron chi connectivity index (χ4n) is 3.35. The molecule has 4 aromatic rings. The molecule has 2 nitrogen and oxygen atoms in total. The molecule has 0 aliphatic carbocycles. The molecule has 0 atom stereocenters. The van der Waals surface area contributed by atoms with E-state index in [0.717, 1.165) is 38.4 Å². The van der Waals surface area contributed by atoms with E-state index >= 15 is 0 Å². The second kappa shape index (κ2) is 5.89. The first kappa shape index (κ1) is 14.6. The van der Waals surface area contributed by atoms with Crippen molar-refractivity contribution < 1.29 is 9.84 Å². The van der Waals surface area contributed by atoms with E-state index in [1.54, 1.807) is 6.07 Å². The largest absolute Gasteiger partial charge is 0.507 e. The third kappa shape index (κ3) is 2.28. The second-order valence-corrected chi connectivity index (χ2v) is 5.77. The number of phenolic OH excluding ortho intramolecular Hbond substituents is 1. The number of benzene rings is 4. The maximum Gasteiger partial charge on any atom is 0.127 e. The van der Waals surface area contributed by atoms with Crippen LogP contribution in [0.15, 0.2) is 72.8 Å². The molecule has 0 aromatic heterocycles. The van der Waals surface area contributed by atoms with Crippen molar-refractivity contribution in [3.63, 3.8) is 0 Å². The van der Waals surface area contributed by atoms with E-state index in [2.05, 4.69) is 24.3 Å². The number of fused-ring (bicyclic) bond motifs is 2. The average molecular weight is 314 g/mol. The van der Waals surface area contributed by atoms with E-state index in [1.807, 2.05) is 49.4 Å². The minimum atomic E-state index is 0.300. The van der Waals surface area contributed by atoms with E-state index in [0.29, 0.717) is 12.4 Å². The first-order chi connectivity index (χ1) is 11.8. The van der Waals surface area contributed by atoms with Gasteiger partial charge in [0.25, 0.3) is 0 Å². The zero-order chi connectivity index (χ0) is 16.5. The number of hydrogen-bond acceptors (Lipinski definition) is 2. The second-order valence-electron chi connectivity index (χ2n) is 5.77. The molecule has 0 saturated heterocycles. The third-order valence-electron chi connectivity index (χ3n) is 4.34. The minimum absolute atomic E-state index is 0.300. The topological polar surface area (TPSA) is 29.5 Å². The smallest absolute Gasteiger partial charge is 0.127 e. The Morgan fingerprint density at radius 2 is 1.25 bits per heavy atom. The Kier molecular flexibility index (Phi) is 3.58. The molecule has 118 valence electrons. The predicted octanol–water partition coefficient (Wildman–Crippen LogP) is 5.76. The van der Waals surface area contributed by atoms with E-state index in [-0.39, 0.29) is 0 Å². The molecule has 0 saturated carbocycles. The number of rotatable bonds is 3. The van der Waals surface area contributed by atoms with Gasteiger partial charge in [0.15, 0.2) is 0 Å². The molecule has 0 amide bonds. The molecule has 1 N–H and O–H groups in total. The first-order valence-electron chi connectivity index (χ1n) is 8.15. The maximum absolute atomic E-state index is 10.4. The summed E-state index contributed by atoms with van der Waals surface area (Å²) in [5.41, 5.74) is 2.09. The predicted molar refractivity (Wildman–Crippen MR) is 99.7 cm³/mol. The van der Waals surface area contributed by atoms with Crippen molar-refractivity contribution in [1.29, 1.82) is 0 Å². The van der Waals surface area contributed by atoms with Crippen LogP contribution in [0.25, 0.3) is 32.7 Å². The van der Waals surface area contributed by atoms with Crippen molar-refractivity contribution in [2.24, 2.45) is 0 Å². The molecule has 0 fully saturated rings. The van der Waals surface area contributed by atoms with Crippen LogP contribution >= 0.6 is 0 Å². The van der Waals surface area contributed by atoms with E-state index < -0.39 is 0 Å². The van der Waals surface area contributed by atoms with E-state index in [4.69, 9.17) is 4.74 Å². The van der Waals surface area contributed by atoms with Crippen molar-refractivity contribution in [2.45, 2.75) is 6.92 Å². The Hall–Kier alpha value is -3.00. The molecule has 0 heterocycles. The van der Waals surface area contributed by atoms with Gasteiger partial charge in [0.2, 0.25) is 0 Å². The quantitative estimate of drug-likeness (QED) is 0.520. The summed E-state index contributed by atoms with van der Waals surface area (Å²) in [5.74, 6) is 1.17. The normalized spacial score (nSPS) is 11.0. The zero-order valence-corrected chi connectivity index (χ0v) is 13.5. The molecule has 0 unspecified atom stereocenters. The first-order valence-corrected chi connectivity index (χ1v) is 8.15. The van der Waals surface area contributed by atoms with Gasteiger partial charge < -0.3 is 9.84 Å². The van der Waals surface area contributed by atoms with Crippen LogP contribution < -0.4 is 4.74 Å². The summed E-state index contributed by atoms with van der Waals surface area (Å²) in [6.45, 7) is 2.61. The molecule has 0 spiro atoms. The SMILES string of the molecule is CCOc1cccc2cccc(-c3cccc4cccc(O)c34)c12. The van der Waals surface area contributed by atoms with Crippen LogP contribution in [0.5, 0.6) is 11.5 Å². The summed E-state index contributed by atoms with van der Waals surface area (Å²) < 4.78 is 5.86. The molecule has 0 radical (unpaired) electrons. The number of aromatic hydroxyl groups is 1. The number of hydrogen-bond donors (Lipinski definition) is 1. The Labute approximate surface area is 140 Å². The summed E-state index contributed by atoms with van der Waals surface area (Å²) in [4.78, 5) is 0. The fraction of sp³-hybridized carbons (Fsp3) is 0.0909. The molecular weight excluding hydrogens is 296 g/mol. The fourth-order valence-corrected chi connectivity index (χ4v) is 3.35. The monoisotopic (exact) mass is 314 g/mol. The number of phenols is 1. The summed E-state index contributed by atoms with van der Waals surface area (Å²) in [6, 6.07) is 24.1. The highest BCUT2D eigenvalue weighted by molar-refractivity contribution is 6.09. The molecule has 0 aliphatic rings.